The third-order valence-corrected chi connectivity index (χ3v) is 2.86. The highest BCUT2D eigenvalue weighted by molar-refractivity contribution is 6.00. The number of carbonyl (C=O) groups excluding carboxylic acids is 1. The minimum absolute atomic E-state index is 0.401. The third kappa shape index (κ3) is 2.56. The van der Waals surface area contributed by atoms with E-state index in [-0.39, 0.29) is 0 Å². The van der Waals surface area contributed by atoms with E-state index in [4.69, 9.17) is 15.2 Å². The first-order chi connectivity index (χ1) is 9.69. The van der Waals surface area contributed by atoms with Crippen molar-refractivity contribution in [1.29, 1.82) is 0 Å². The number of carbonyl (C=O) groups is 1. The molecular weight excluding hydrogens is 256 g/mol. The van der Waals surface area contributed by atoms with E-state index in [2.05, 4.69) is 4.98 Å². The number of hydrogen-bond donors (Lipinski definition) is 1. The molecule has 0 radical (unpaired) electrons. The lowest BCUT2D eigenvalue weighted by molar-refractivity contribution is 0.0601. The normalized spacial score (nSPS) is 10.1. The quantitative estimate of drug-likeness (QED) is 0.866. The average molecular weight is 272 g/mol. The van der Waals surface area contributed by atoms with Crippen LogP contribution in [0.2, 0.25) is 0 Å². The second-order valence-corrected chi connectivity index (χ2v) is 4.07. The first-order valence-electron chi connectivity index (χ1n) is 6.23. The molecule has 0 bridgehead atoms. The van der Waals surface area contributed by atoms with Crippen LogP contribution < -0.4 is 10.5 Å². The standard InChI is InChI=1S/C15H16N2O3/c1-3-20-13-6-4-5-10(15(18)19-2)14(13)11-9-17-8-7-12(11)16/h4-9H,3H2,1-2H3,(H2,16,17). The Hall–Kier alpha value is -2.56. The molecule has 0 amide bonds. The molecule has 1 aromatic heterocycles. The molecule has 5 heteroatoms. The number of aromatic nitrogens is 1. The summed E-state index contributed by atoms with van der Waals surface area (Å²) in [6.45, 7) is 2.36. The van der Waals surface area contributed by atoms with E-state index in [1.807, 2.05) is 6.92 Å². The smallest absolute Gasteiger partial charge is 0.338 e. The summed E-state index contributed by atoms with van der Waals surface area (Å²) in [5, 5.41) is 0. The van der Waals surface area contributed by atoms with Gasteiger partial charge in [-0.1, -0.05) is 6.07 Å². The van der Waals surface area contributed by atoms with Gasteiger partial charge in [0.1, 0.15) is 5.75 Å². The van der Waals surface area contributed by atoms with Crippen LogP contribution in [0.15, 0.2) is 36.7 Å². The van der Waals surface area contributed by atoms with Gasteiger partial charge in [-0.3, -0.25) is 4.98 Å². The maximum absolute atomic E-state index is 11.9. The van der Waals surface area contributed by atoms with Crippen molar-refractivity contribution in [3.05, 3.63) is 42.2 Å². The summed E-state index contributed by atoms with van der Waals surface area (Å²) in [6.07, 6.45) is 3.21. The zero-order chi connectivity index (χ0) is 14.5. The first-order valence-corrected chi connectivity index (χ1v) is 6.23. The minimum Gasteiger partial charge on any atom is -0.493 e. The Morgan fingerprint density at radius 2 is 2.15 bits per heavy atom. The molecule has 1 heterocycles. The van der Waals surface area contributed by atoms with Gasteiger partial charge < -0.3 is 15.2 Å². The van der Waals surface area contributed by atoms with Crippen molar-refractivity contribution in [2.75, 3.05) is 19.5 Å². The van der Waals surface area contributed by atoms with Gasteiger partial charge in [-0.2, -0.15) is 0 Å². The van der Waals surface area contributed by atoms with Crippen LogP contribution in [0.4, 0.5) is 5.69 Å². The summed E-state index contributed by atoms with van der Waals surface area (Å²) in [4.78, 5) is 16.0. The van der Waals surface area contributed by atoms with Crippen molar-refractivity contribution >= 4 is 11.7 Å². The highest BCUT2D eigenvalue weighted by Crippen LogP contribution is 2.36. The van der Waals surface area contributed by atoms with Crippen LogP contribution in [0.5, 0.6) is 5.75 Å². The summed E-state index contributed by atoms with van der Waals surface area (Å²) < 4.78 is 10.4. The predicted molar refractivity (Wildman–Crippen MR) is 76.6 cm³/mol. The Balaban J connectivity index is 2.70. The molecule has 0 fully saturated rings. The molecule has 20 heavy (non-hydrogen) atoms. The number of rotatable bonds is 4. The molecule has 0 aliphatic heterocycles. The molecule has 104 valence electrons. The highest BCUT2D eigenvalue weighted by atomic mass is 16.5. The molecule has 0 aliphatic rings. The molecule has 2 N–H and O–H groups in total. The molecule has 2 aromatic rings. The van der Waals surface area contributed by atoms with Gasteiger partial charge in [-0.05, 0) is 25.1 Å². The molecule has 0 saturated heterocycles. The van der Waals surface area contributed by atoms with Crippen LogP contribution in [-0.2, 0) is 4.74 Å². The minimum atomic E-state index is -0.440. The largest absolute Gasteiger partial charge is 0.493 e. The highest BCUT2D eigenvalue weighted by Gasteiger charge is 2.19. The second-order valence-electron chi connectivity index (χ2n) is 4.07. The predicted octanol–water partition coefficient (Wildman–Crippen LogP) is 2.52. The summed E-state index contributed by atoms with van der Waals surface area (Å²) in [5.41, 5.74) is 8.16. The van der Waals surface area contributed by atoms with Crippen LogP contribution in [0.1, 0.15) is 17.3 Å². The Labute approximate surface area is 117 Å². The number of benzene rings is 1. The fourth-order valence-corrected chi connectivity index (χ4v) is 1.98. The van der Waals surface area contributed by atoms with Gasteiger partial charge in [0.15, 0.2) is 0 Å². The zero-order valence-electron chi connectivity index (χ0n) is 11.4. The number of esters is 1. The van der Waals surface area contributed by atoms with Gasteiger partial charge in [0.05, 0.1) is 19.3 Å². The SMILES string of the molecule is CCOc1cccc(C(=O)OC)c1-c1cnccc1N. The fourth-order valence-electron chi connectivity index (χ4n) is 1.98. The van der Waals surface area contributed by atoms with E-state index in [0.717, 1.165) is 0 Å². The van der Waals surface area contributed by atoms with Crippen molar-refractivity contribution < 1.29 is 14.3 Å². The monoisotopic (exact) mass is 272 g/mol. The lowest BCUT2D eigenvalue weighted by Crippen LogP contribution is -2.07. The topological polar surface area (TPSA) is 74.4 Å². The number of anilines is 1. The summed E-state index contributed by atoms with van der Waals surface area (Å²) in [5.74, 6) is 0.139. The van der Waals surface area contributed by atoms with Gasteiger partial charge in [0.25, 0.3) is 0 Å². The second kappa shape index (κ2) is 6.06. The van der Waals surface area contributed by atoms with Crippen LogP contribution in [0.3, 0.4) is 0 Å². The number of ether oxygens (including phenoxy) is 2. The van der Waals surface area contributed by atoms with E-state index in [1.165, 1.54) is 7.11 Å². The number of nitrogen functional groups attached to an aromatic ring is 1. The number of nitrogens with zero attached hydrogens (tertiary/aromatic N) is 1. The average Bonchev–Trinajstić information content (AvgIpc) is 2.47. The summed E-state index contributed by atoms with van der Waals surface area (Å²) in [7, 11) is 1.34. The molecule has 0 unspecified atom stereocenters. The maximum Gasteiger partial charge on any atom is 0.338 e. The van der Waals surface area contributed by atoms with Crippen LogP contribution in [0.25, 0.3) is 11.1 Å². The van der Waals surface area contributed by atoms with Crippen molar-refractivity contribution in [2.45, 2.75) is 6.92 Å². The molecule has 5 nitrogen and oxygen atoms in total. The van der Waals surface area contributed by atoms with Crippen LogP contribution in [-0.4, -0.2) is 24.7 Å². The molecule has 0 spiro atoms. The van der Waals surface area contributed by atoms with E-state index in [1.54, 1.807) is 36.7 Å². The molecular formula is C15H16N2O3. The Morgan fingerprint density at radius 3 is 2.80 bits per heavy atom. The molecule has 0 aliphatic carbocycles. The summed E-state index contributed by atoms with van der Waals surface area (Å²) in [6, 6.07) is 6.89. The van der Waals surface area contributed by atoms with Crippen molar-refractivity contribution in [3.63, 3.8) is 0 Å². The van der Waals surface area contributed by atoms with Crippen molar-refractivity contribution in [2.24, 2.45) is 0 Å². The lowest BCUT2D eigenvalue weighted by Gasteiger charge is -2.15. The Morgan fingerprint density at radius 1 is 1.35 bits per heavy atom. The molecule has 0 atom stereocenters. The summed E-state index contributed by atoms with van der Waals surface area (Å²) >= 11 is 0. The fraction of sp³-hybridized carbons (Fsp3) is 0.200. The van der Waals surface area contributed by atoms with Gasteiger partial charge in [0, 0.05) is 29.2 Å². The zero-order valence-corrected chi connectivity index (χ0v) is 11.4. The molecule has 1 aromatic carbocycles. The Kier molecular flexibility index (Phi) is 4.20. The van der Waals surface area contributed by atoms with E-state index < -0.39 is 5.97 Å². The first kappa shape index (κ1) is 13.9. The lowest BCUT2D eigenvalue weighted by atomic mass is 9.98. The van der Waals surface area contributed by atoms with E-state index in [9.17, 15) is 4.79 Å². The van der Waals surface area contributed by atoms with E-state index in [0.29, 0.717) is 34.7 Å². The molecule has 0 saturated carbocycles. The van der Waals surface area contributed by atoms with Gasteiger partial charge in [-0.15, -0.1) is 0 Å². The van der Waals surface area contributed by atoms with Gasteiger partial charge in [-0.25, -0.2) is 4.79 Å². The van der Waals surface area contributed by atoms with E-state index >= 15 is 0 Å². The number of pyridine rings is 1. The van der Waals surface area contributed by atoms with Crippen molar-refractivity contribution in [1.82, 2.24) is 4.98 Å². The number of methoxy groups -OCH3 is 1. The third-order valence-electron chi connectivity index (χ3n) is 2.86. The Bertz CT molecular complexity index is 626. The van der Waals surface area contributed by atoms with Gasteiger partial charge in [0.2, 0.25) is 0 Å². The van der Waals surface area contributed by atoms with Crippen LogP contribution >= 0.6 is 0 Å². The molecule has 2 rings (SSSR count). The number of nitrogens with two attached hydrogens (primary N) is 1. The van der Waals surface area contributed by atoms with Crippen molar-refractivity contribution in [3.8, 4) is 16.9 Å². The number of hydrogen-bond acceptors (Lipinski definition) is 5. The van der Waals surface area contributed by atoms with Crippen LogP contribution in [0, 0.1) is 0 Å². The van der Waals surface area contributed by atoms with Gasteiger partial charge >= 0.3 is 5.97 Å². The maximum atomic E-state index is 11.9.